The van der Waals surface area contributed by atoms with Crippen LogP contribution in [0.15, 0.2) is 24.3 Å². The van der Waals surface area contributed by atoms with Crippen LogP contribution in [0.5, 0.6) is 0 Å². The Kier molecular flexibility index (Phi) is 5.65. The van der Waals surface area contributed by atoms with Crippen molar-refractivity contribution in [3.05, 3.63) is 35.4 Å². The Morgan fingerprint density at radius 2 is 2.00 bits per heavy atom. The molecule has 0 fully saturated rings. The van der Waals surface area contributed by atoms with Crippen molar-refractivity contribution in [3.8, 4) is 0 Å². The van der Waals surface area contributed by atoms with Crippen molar-refractivity contribution in [1.82, 2.24) is 4.72 Å². The third-order valence-corrected chi connectivity index (χ3v) is 3.90. The van der Waals surface area contributed by atoms with Gasteiger partial charge < -0.3 is 0 Å². The van der Waals surface area contributed by atoms with Crippen molar-refractivity contribution in [2.45, 2.75) is 38.9 Å². The average Bonchev–Trinajstić information content (AvgIpc) is 2.24. The van der Waals surface area contributed by atoms with E-state index in [1.165, 1.54) is 0 Å². The Hall–Kier alpha value is -0.870. The lowest BCUT2D eigenvalue weighted by Crippen LogP contribution is -2.26. The third-order valence-electron chi connectivity index (χ3n) is 2.54. The maximum atomic E-state index is 11.8. The number of nitrogens with one attached hydrogen (secondary N) is 1. The largest absolute Gasteiger partial charge is 0.215 e. The monoisotopic (exact) mass is 255 g/mol. The predicted octanol–water partition coefficient (Wildman–Crippen LogP) is 2.60. The van der Waals surface area contributed by atoms with Crippen molar-refractivity contribution in [3.63, 3.8) is 0 Å². The first-order valence-electron chi connectivity index (χ1n) is 6.06. The van der Waals surface area contributed by atoms with Gasteiger partial charge in [0.1, 0.15) is 0 Å². The molecule has 0 aromatic heterocycles. The molecule has 0 saturated carbocycles. The molecule has 1 N–H and O–H groups in total. The van der Waals surface area contributed by atoms with E-state index in [1.807, 2.05) is 31.2 Å². The zero-order valence-corrected chi connectivity index (χ0v) is 11.4. The lowest BCUT2D eigenvalue weighted by molar-refractivity contribution is 0.575. The van der Waals surface area contributed by atoms with E-state index < -0.39 is 10.0 Å². The molecule has 1 aromatic carbocycles. The van der Waals surface area contributed by atoms with Crippen LogP contribution in [0.3, 0.4) is 0 Å². The standard InChI is InChI=1S/C13H21NO2S/c1-3-4-5-9-14-17(15,16)11-13-8-6-7-12(2)10-13/h6-8,10,14H,3-5,9,11H2,1-2H3. The molecule has 0 saturated heterocycles. The predicted molar refractivity (Wildman–Crippen MR) is 71.3 cm³/mol. The summed E-state index contributed by atoms with van der Waals surface area (Å²) in [5, 5.41) is 0. The maximum Gasteiger partial charge on any atom is 0.215 e. The van der Waals surface area contributed by atoms with Gasteiger partial charge in [-0.1, -0.05) is 49.6 Å². The molecule has 4 heteroatoms. The van der Waals surface area contributed by atoms with E-state index in [1.54, 1.807) is 0 Å². The molecule has 1 rings (SSSR count). The van der Waals surface area contributed by atoms with E-state index in [0.717, 1.165) is 30.4 Å². The second-order valence-electron chi connectivity index (χ2n) is 4.35. The van der Waals surface area contributed by atoms with E-state index >= 15 is 0 Å². The van der Waals surface area contributed by atoms with Gasteiger partial charge in [0.2, 0.25) is 10.0 Å². The van der Waals surface area contributed by atoms with Gasteiger partial charge in [-0.15, -0.1) is 0 Å². The van der Waals surface area contributed by atoms with Gasteiger partial charge >= 0.3 is 0 Å². The summed E-state index contributed by atoms with van der Waals surface area (Å²) >= 11 is 0. The highest BCUT2D eigenvalue weighted by Crippen LogP contribution is 2.07. The smallest absolute Gasteiger partial charge is 0.215 e. The number of hydrogen-bond donors (Lipinski definition) is 1. The highest BCUT2D eigenvalue weighted by atomic mass is 32.2. The van der Waals surface area contributed by atoms with Crippen molar-refractivity contribution < 1.29 is 8.42 Å². The normalized spacial score (nSPS) is 11.6. The third kappa shape index (κ3) is 5.84. The van der Waals surface area contributed by atoms with E-state index in [2.05, 4.69) is 11.6 Å². The lowest BCUT2D eigenvalue weighted by Gasteiger charge is -2.07. The summed E-state index contributed by atoms with van der Waals surface area (Å²) in [6, 6.07) is 7.60. The topological polar surface area (TPSA) is 46.2 Å². The summed E-state index contributed by atoms with van der Waals surface area (Å²) in [7, 11) is -3.18. The SMILES string of the molecule is CCCCCNS(=O)(=O)Cc1cccc(C)c1. The molecule has 96 valence electrons. The van der Waals surface area contributed by atoms with Crippen LogP contribution in [-0.4, -0.2) is 15.0 Å². The van der Waals surface area contributed by atoms with Crippen LogP contribution in [0, 0.1) is 6.92 Å². The second-order valence-corrected chi connectivity index (χ2v) is 6.16. The Morgan fingerprint density at radius 3 is 2.65 bits per heavy atom. The first-order valence-corrected chi connectivity index (χ1v) is 7.71. The molecule has 0 spiro atoms. The lowest BCUT2D eigenvalue weighted by atomic mass is 10.2. The molecule has 0 aliphatic heterocycles. The molecular weight excluding hydrogens is 234 g/mol. The highest BCUT2D eigenvalue weighted by molar-refractivity contribution is 7.88. The fraction of sp³-hybridized carbons (Fsp3) is 0.538. The number of hydrogen-bond acceptors (Lipinski definition) is 2. The molecule has 0 heterocycles. The van der Waals surface area contributed by atoms with Crippen molar-refractivity contribution in [2.75, 3.05) is 6.54 Å². The van der Waals surface area contributed by atoms with Crippen LogP contribution < -0.4 is 4.72 Å². The second kappa shape index (κ2) is 6.77. The molecule has 1 aromatic rings. The Morgan fingerprint density at radius 1 is 1.24 bits per heavy atom. The number of benzene rings is 1. The quantitative estimate of drug-likeness (QED) is 0.761. The molecule has 0 radical (unpaired) electrons. The van der Waals surface area contributed by atoms with Crippen molar-refractivity contribution >= 4 is 10.0 Å². The van der Waals surface area contributed by atoms with Crippen LogP contribution in [-0.2, 0) is 15.8 Å². The first kappa shape index (κ1) is 14.2. The summed E-state index contributed by atoms with van der Waals surface area (Å²) in [6.07, 6.45) is 3.07. The number of rotatable bonds is 7. The Bertz CT molecular complexity index is 440. The van der Waals surface area contributed by atoms with Gasteiger partial charge in [-0.2, -0.15) is 0 Å². The Labute approximate surface area is 104 Å². The first-order chi connectivity index (χ1) is 8.03. The molecule has 0 bridgehead atoms. The van der Waals surface area contributed by atoms with Crippen LogP contribution >= 0.6 is 0 Å². The van der Waals surface area contributed by atoms with Gasteiger partial charge in [0.25, 0.3) is 0 Å². The zero-order chi connectivity index (χ0) is 12.7. The maximum absolute atomic E-state index is 11.8. The summed E-state index contributed by atoms with van der Waals surface area (Å²) in [4.78, 5) is 0. The number of sulfonamides is 1. The fourth-order valence-electron chi connectivity index (χ4n) is 1.68. The minimum Gasteiger partial charge on any atom is -0.215 e. The van der Waals surface area contributed by atoms with Crippen molar-refractivity contribution in [2.24, 2.45) is 0 Å². The summed E-state index contributed by atoms with van der Waals surface area (Å²) in [6.45, 7) is 4.61. The van der Waals surface area contributed by atoms with Gasteiger partial charge in [-0.25, -0.2) is 13.1 Å². The molecular formula is C13H21NO2S. The minimum atomic E-state index is -3.18. The van der Waals surface area contributed by atoms with Crippen molar-refractivity contribution in [1.29, 1.82) is 0 Å². The van der Waals surface area contributed by atoms with Gasteiger partial charge in [0.05, 0.1) is 5.75 Å². The van der Waals surface area contributed by atoms with Crippen LogP contribution in [0.25, 0.3) is 0 Å². The molecule has 3 nitrogen and oxygen atoms in total. The number of aryl methyl sites for hydroxylation is 1. The van der Waals surface area contributed by atoms with E-state index in [-0.39, 0.29) is 5.75 Å². The summed E-state index contributed by atoms with van der Waals surface area (Å²) < 4.78 is 26.2. The van der Waals surface area contributed by atoms with E-state index in [4.69, 9.17) is 0 Å². The Balaban J connectivity index is 2.49. The zero-order valence-electron chi connectivity index (χ0n) is 10.6. The molecule has 17 heavy (non-hydrogen) atoms. The molecule has 0 aliphatic rings. The van der Waals surface area contributed by atoms with Gasteiger partial charge in [0, 0.05) is 6.54 Å². The molecule has 0 aliphatic carbocycles. The van der Waals surface area contributed by atoms with Crippen LogP contribution in [0.2, 0.25) is 0 Å². The van der Waals surface area contributed by atoms with E-state index in [0.29, 0.717) is 6.54 Å². The highest BCUT2D eigenvalue weighted by Gasteiger charge is 2.10. The molecule has 0 unspecified atom stereocenters. The van der Waals surface area contributed by atoms with Gasteiger partial charge in [-0.05, 0) is 18.9 Å². The van der Waals surface area contributed by atoms with Gasteiger partial charge in [0.15, 0.2) is 0 Å². The fourth-order valence-corrected chi connectivity index (χ4v) is 2.85. The molecule has 0 atom stereocenters. The van der Waals surface area contributed by atoms with Crippen LogP contribution in [0.1, 0.15) is 37.3 Å². The average molecular weight is 255 g/mol. The summed E-state index contributed by atoms with van der Waals surface area (Å²) in [5.74, 6) is 0.0702. The summed E-state index contributed by atoms with van der Waals surface area (Å²) in [5.41, 5.74) is 1.93. The number of unbranched alkanes of at least 4 members (excludes halogenated alkanes) is 2. The minimum absolute atomic E-state index is 0.0702. The van der Waals surface area contributed by atoms with Gasteiger partial charge in [-0.3, -0.25) is 0 Å². The van der Waals surface area contributed by atoms with Crippen LogP contribution in [0.4, 0.5) is 0 Å². The van der Waals surface area contributed by atoms with E-state index in [9.17, 15) is 8.42 Å². The molecule has 0 amide bonds.